The molecule has 0 amide bonds. The fraction of sp³-hybridized carbons (Fsp3) is 0. The minimum Gasteiger partial charge on any atom is -0.293 e. The normalized spacial score (nSPS) is 11.8. The largest absolute Gasteiger partial charge is 0.293 e. The van der Waals surface area contributed by atoms with Crippen molar-refractivity contribution in [3.05, 3.63) is 121 Å². The van der Waals surface area contributed by atoms with Crippen molar-refractivity contribution >= 4 is 54.4 Å². The van der Waals surface area contributed by atoms with Crippen molar-refractivity contribution in [1.29, 1.82) is 0 Å². The average Bonchev–Trinajstić information content (AvgIpc) is 3.28. The summed E-state index contributed by atoms with van der Waals surface area (Å²) < 4.78 is 2.27. The van der Waals surface area contributed by atoms with Crippen molar-refractivity contribution < 1.29 is 0 Å². The molecule has 0 bridgehead atoms. The molecule has 0 aliphatic heterocycles. The van der Waals surface area contributed by atoms with Gasteiger partial charge < -0.3 is 0 Å². The number of aromatic nitrogens is 4. The molecule has 0 aliphatic rings. The van der Waals surface area contributed by atoms with Crippen molar-refractivity contribution in [2.75, 3.05) is 0 Å². The molecule has 8 aromatic rings. The van der Waals surface area contributed by atoms with Crippen molar-refractivity contribution in [3.8, 4) is 17.2 Å². The third-order valence-electron chi connectivity index (χ3n) is 7.21. The van der Waals surface area contributed by atoms with Crippen LogP contribution in [0.25, 0.3) is 71.6 Å². The molecule has 37 heavy (non-hydrogen) atoms. The number of rotatable bonds is 2. The predicted octanol–water partition coefficient (Wildman–Crippen LogP) is 8.10. The van der Waals surface area contributed by atoms with Crippen molar-refractivity contribution in [2.45, 2.75) is 0 Å². The second kappa shape index (κ2) is 7.70. The smallest absolute Gasteiger partial charge is 0.165 e. The Morgan fingerprint density at radius 2 is 1.19 bits per heavy atom. The van der Waals surface area contributed by atoms with E-state index in [4.69, 9.17) is 9.97 Å². The maximum Gasteiger partial charge on any atom is 0.165 e. The Balaban J connectivity index is 1.49. The van der Waals surface area contributed by atoms with Gasteiger partial charge in [-0.15, -0.1) is 0 Å². The number of benzene rings is 5. The molecule has 4 heteroatoms. The van der Waals surface area contributed by atoms with Crippen LogP contribution in [0.2, 0.25) is 0 Å². The Hall–Kier alpha value is -5.09. The van der Waals surface area contributed by atoms with Gasteiger partial charge in [0, 0.05) is 22.5 Å². The monoisotopic (exact) mass is 472 g/mol. The lowest BCUT2D eigenvalue weighted by atomic mass is 10.1. The molecule has 0 atom stereocenters. The lowest BCUT2D eigenvalue weighted by Gasteiger charge is -2.12. The molecule has 0 aliphatic carbocycles. The number of hydrogen-bond donors (Lipinski definition) is 0. The van der Waals surface area contributed by atoms with Crippen LogP contribution in [0.5, 0.6) is 0 Å². The highest BCUT2D eigenvalue weighted by atomic mass is 15.1. The van der Waals surface area contributed by atoms with E-state index in [1.807, 2.05) is 6.07 Å². The molecule has 0 saturated heterocycles. The summed E-state index contributed by atoms with van der Waals surface area (Å²) in [7, 11) is 0. The van der Waals surface area contributed by atoms with E-state index in [0.29, 0.717) is 11.5 Å². The third-order valence-corrected chi connectivity index (χ3v) is 7.21. The van der Waals surface area contributed by atoms with E-state index in [0.717, 1.165) is 33.2 Å². The van der Waals surface area contributed by atoms with E-state index in [2.05, 4.69) is 119 Å². The molecule has 3 heterocycles. The first-order chi connectivity index (χ1) is 18.3. The summed E-state index contributed by atoms with van der Waals surface area (Å²) in [5.41, 5.74) is 3.88. The van der Waals surface area contributed by atoms with Crippen LogP contribution in [0.3, 0.4) is 0 Å². The van der Waals surface area contributed by atoms with E-state index >= 15 is 0 Å². The second-order valence-corrected chi connectivity index (χ2v) is 9.38. The lowest BCUT2D eigenvalue weighted by Crippen LogP contribution is -2.03. The van der Waals surface area contributed by atoms with Gasteiger partial charge in [0.2, 0.25) is 0 Å². The summed E-state index contributed by atoms with van der Waals surface area (Å²) in [6.45, 7) is 0. The van der Waals surface area contributed by atoms with Crippen LogP contribution in [-0.2, 0) is 0 Å². The zero-order valence-electron chi connectivity index (χ0n) is 19.8. The second-order valence-electron chi connectivity index (χ2n) is 9.38. The molecule has 3 aromatic heterocycles. The topological polar surface area (TPSA) is 43.6 Å². The van der Waals surface area contributed by atoms with Crippen LogP contribution < -0.4 is 0 Å². The van der Waals surface area contributed by atoms with Gasteiger partial charge in [-0.05, 0) is 57.9 Å². The summed E-state index contributed by atoms with van der Waals surface area (Å²) in [6.07, 6.45) is 1.79. The van der Waals surface area contributed by atoms with Crippen molar-refractivity contribution in [3.63, 3.8) is 0 Å². The maximum absolute atomic E-state index is 5.21. The van der Waals surface area contributed by atoms with Crippen LogP contribution >= 0.6 is 0 Å². The molecule has 0 unspecified atom stereocenters. The lowest BCUT2D eigenvalue weighted by molar-refractivity contribution is 1.07. The maximum atomic E-state index is 5.21. The number of nitrogens with zero attached hydrogens (tertiary/aromatic N) is 4. The van der Waals surface area contributed by atoms with Gasteiger partial charge in [0.25, 0.3) is 0 Å². The van der Waals surface area contributed by atoms with Gasteiger partial charge in [0.15, 0.2) is 17.3 Å². The molecule has 0 spiro atoms. The van der Waals surface area contributed by atoms with Crippen molar-refractivity contribution in [2.24, 2.45) is 0 Å². The highest BCUT2D eigenvalue weighted by Crippen LogP contribution is 2.36. The summed E-state index contributed by atoms with van der Waals surface area (Å²) in [5.74, 6) is 1.50. The Kier molecular flexibility index (Phi) is 4.19. The molecule has 0 radical (unpaired) electrons. The van der Waals surface area contributed by atoms with E-state index in [1.165, 1.54) is 26.9 Å². The zero-order valence-corrected chi connectivity index (χ0v) is 19.8. The Morgan fingerprint density at radius 3 is 2.05 bits per heavy atom. The zero-order chi connectivity index (χ0) is 24.3. The number of fused-ring (bicyclic) bond motifs is 6. The highest BCUT2D eigenvalue weighted by Gasteiger charge is 2.18. The molecule has 4 nitrogen and oxygen atoms in total. The number of pyridine rings is 1. The first-order valence-electron chi connectivity index (χ1n) is 12.4. The van der Waals surface area contributed by atoms with Gasteiger partial charge in [-0.1, -0.05) is 78.9 Å². The molecular formula is C33H20N4. The van der Waals surface area contributed by atoms with Gasteiger partial charge in [-0.2, -0.15) is 0 Å². The van der Waals surface area contributed by atoms with Gasteiger partial charge in [0.1, 0.15) is 0 Å². The molecule has 0 saturated carbocycles. The van der Waals surface area contributed by atoms with Crippen LogP contribution in [-0.4, -0.2) is 19.5 Å². The molecule has 0 fully saturated rings. The summed E-state index contributed by atoms with van der Waals surface area (Å²) in [6, 6.07) is 40.4. The van der Waals surface area contributed by atoms with Crippen LogP contribution in [0.4, 0.5) is 0 Å². The fourth-order valence-corrected chi connectivity index (χ4v) is 5.46. The minimum atomic E-state index is 0.665. The first-order valence-corrected chi connectivity index (χ1v) is 12.4. The van der Waals surface area contributed by atoms with E-state index in [9.17, 15) is 0 Å². The predicted molar refractivity (Wildman–Crippen MR) is 152 cm³/mol. The van der Waals surface area contributed by atoms with Crippen LogP contribution in [0.15, 0.2) is 121 Å². The fourth-order valence-electron chi connectivity index (χ4n) is 5.46. The molecule has 172 valence electrons. The molecular weight excluding hydrogens is 452 g/mol. The standard InChI is InChI=1S/C33H20N4/c1-2-9-22-18-25(16-15-21(22)8-1)31-35-32-27(13-7-17-34-32)33(36-31)37-29-14-6-5-12-26(29)28-19-23-10-3-4-11-24(23)20-30(28)37/h1-20H. The Morgan fingerprint density at radius 1 is 0.486 bits per heavy atom. The summed E-state index contributed by atoms with van der Waals surface area (Å²) >= 11 is 0. The van der Waals surface area contributed by atoms with Gasteiger partial charge in [-0.25, -0.2) is 15.0 Å². The number of para-hydroxylation sites is 1. The minimum absolute atomic E-state index is 0.665. The van der Waals surface area contributed by atoms with Crippen LogP contribution in [0.1, 0.15) is 0 Å². The SMILES string of the molecule is c1ccc2cc(-c3nc(-n4c5ccccc5c5cc6ccccc6cc54)c4cccnc4n3)ccc2c1. The Bertz CT molecular complexity index is 2160. The van der Waals surface area contributed by atoms with E-state index in [-0.39, 0.29) is 0 Å². The van der Waals surface area contributed by atoms with E-state index < -0.39 is 0 Å². The molecule has 8 rings (SSSR count). The van der Waals surface area contributed by atoms with Crippen molar-refractivity contribution in [1.82, 2.24) is 19.5 Å². The Labute approximate surface area is 212 Å². The molecule has 5 aromatic carbocycles. The van der Waals surface area contributed by atoms with Gasteiger partial charge >= 0.3 is 0 Å². The quantitative estimate of drug-likeness (QED) is 0.255. The van der Waals surface area contributed by atoms with Gasteiger partial charge in [-0.3, -0.25) is 4.57 Å². The third kappa shape index (κ3) is 3.06. The van der Waals surface area contributed by atoms with Gasteiger partial charge in [0.05, 0.1) is 16.4 Å². The highest BCUT2D eigenvalue weighted by molar-refractivity contribution is 6.14. The summed E-state index contributed by atoms with van der Waals surface area (Å²) in [5, 5.41) is 8.11. The average molecular weight is 473 g/mol. The van der Waals surface area contributed by atoms with Crippen LogP contribution in [0, 0.1) is 0 Å². The van der Waals surface area contributed by atoms with E-state index in [1.54, 1.807) is 6.20 Å². The summed E-state index contributed by atoms with van der Waals surface area (Å²) in [4.78, 5) is 14.8. The number of hydrogen-bond acceptors (Lipinski definition) is 3. The first kappa shape index (κ1) is 20.1. The molecule has 0 N–H and O–H groups in total.